The lowest BCUT2D eigenvalue weighted by Crippen LogP contribution is -2.21. The van der Waals surface area contributed by atoms with E-state index < -0.39 is 0 Å². The maximum Gasteiger partial charge on any atom is 0.308 e. The van der Waals surface area contributed by atoms with Crippen molar-refractivity contribution < 1.29 is 14.3 Å². The van der Waals surface area contributed by atoms with E-state index in [4.69, 9.17) is 4.74 Å². The van der Waals surface area contributed by atoms with Crippen molar-refractivity contribution in [2.45, 2.75) is 26.2 Å². The Kier molecular flexibility index (Phi) is 4.22. The first kappa shape index (κ1) is 10.5. The predicted octanol–water partition coefficient (Wildman–Crippen LogP) is 1.61. The van der Waals surface area contributed by atoms with E-state index in [9.17, 15) is 4.79 Å². The molecule has 1 atom stereocenters. The van der Waals surface area contributed by atoms with Gasteiger partial charge in [-0.15, -0.1) is 0 Å². The van der Waals surface area contributed by atoms with E-state index in [-0.39, 0.29) is 11.9 Å². The molecule has 0 radical (unpaired) electrons. The van der Waals surface area contributed by atoms with Gasteiger partial charge < -0.3 is 9.47 Å². The maximum absolute atomic E-state index is 11.1. The van der Waals surface area contributed by atoms with Gasteiger partial charge in [0.05, 0.1) is 13.0 Å². The summed E-state index contributed by atoms with van der Waals surface area (Å²) >= 11 is 0. The molecule has 1 fully saturated rings. The molecule has 76 valence electrons. The van der Waals surface area contributed by atoms with E-state index in [1.54, 1.807) is 0 Å². The molecule has 1 aliphatic heterocycles. The SMILES string of the molecule is COC(=O)C(C)CC1CCOCC1. The molecule has 0 aliphatic carbocycles. The molecule has 3 nitrogen and oxygen atoms in total. The van der Waals surface area contributed by atoms with Crippen molar-refractivity contribution in [3.63, 3.8) is 0 Å². The van der Waals surface area contributed by atoms with Crippen LogP contribution in [0.5, 0.6) is 0 Å². The van der Waals surface area contributed by atoms with E-state index in [0.29, 0.717) is 5.92 Å². The highest BCUT2D eigenvalue weighted by molar-refractivity contribution is 5.71. The molecule has 13 heavy (non-hydrogen) atoms. The predicted molar refractivity (Wildman–Crippen MR) is 49.3 cm³/mol. The average molecular weight is 186 g/mol. The van der Waals surface area contributed by atoms with E-state index in [1.165, 1.54) is 7.11 Å². The van der Waals surface area contributed by atoms with Crippen molar-refractivity contribution >= 4 is 5.97 Å². The number of ether oxygens (including phenoxy) is 2. The Balaban J connectivity index is 2.25. The molecular weight excluding hydrogens is 168 g/mol. The molecule has 0 amide bonds. The molecule has 3 heteroatoms. The quantitative estimate of drug-likeness (QED) is 0.628. The van der Waals surface area contributed by atoms with E-state index in [1.807, 2.05) is 6.92 Å². The van der Waals surface area contributed by atoms with Crippen LogP contribution >= 0.6 is 0 Å². The molecule has 0 saturated carbocycles. The van der Waals surface area contributed by atoms with Crippen LogP contribution < -0.4 is 0 Å². The monoisotopic (exact) mass is 186 g/mol. The van der Waals surface area contributed by atoms with Gasteiger partial charge in [-0.2, -0.15) is 0 Å². The smallest absolute Gasteiger partial charge is 0.308 e. The van der Waals surface area contributed by atoms with Gasteiger partial charge in [-0.05, 0) is 25.2 Å². The molecule has 0 spiro atoms. The van der Waals surface area contributed by atoms with Gasteiger partial charge in [-0.3, -0.25) is 4.79 Å². The highest BCUT2D eigenvalue weighted by atomic mass is 16.5. The number of methoxy groups -OCH3 is 1. The summed E-state index contributed by atoms with van der Waals surface area (Å²) in [5.74, 6) is 0.586. The van der Waals surface area contributed by atoms with Crippen molar-refractivity contribution in [3.8, 4) is 0 Å². The first-order valence-corrected chi connectivity index (χ1v) is 4.89. The van der Waals surface area contributed by atoms with Gasteiger partial charge in [0.15, 0.2) is 0 Å². The zero-order chi connectivity index (χ0) is 9.68. The Bertz CT molecular complexity index is 162. The standard InChI is InChI=1S/C10H18O3/c1-8(10(11)12-2)7-9-3-5-13-6-4-9/h8-9H,3-7H2,1-2H3. The van der Waals surface area contributed by atoms with Crippen LogP contribution in [0.1, 0.15) is 26.2 Å². The summed E-state index contributed by atoms with van der Waals surface area (Å²) in [7, 11) is 1.45. The Hall–Kier alpha value is -0.570. The summed E-state index contributed by atoms with van der Waals surface area (Å²) in [5.41, 5.74) is 0. The zero-order valence-corrected chi connectivity index (χ0v) is 8.41. The Labute approximate surface area is 79.4 Å². The molecule has 0 aromatic carbocycles. The number of hydrogen-bond donors (Lipinski definition) is 0. The fourth-order valence-corrected chi connectivity index (χ4v) is 1.78. The minimum absolute atomic E-state index is 0.0353. The van der Waals surface area contributed by atoms with Gasteiger partial charge in [0.2, 0.25) is 0 Å². The van der Waals surface area contributed by atoms with Crippen molar-refractivity contribution in [3.05, 3.63) is 0 Å². The van der Waals surface area contributed by atoms with Crippen LogP contribution in [0.2, 0.25) is 0 Å². The normalized spacial score (nSPS) is 21.1. The van der Waals surface area contributed by atoms with Crippen LogP contribution in [0.15, 0.2) is 0 Å². The maximum atomic E-state index is 11.1. The van der Waals surface area contributed by atoms with Gasteiger partial charge in [0.1, 0.15) is 0 Å². The Morgan fingerprint density at radius 2 is 2.15 bits per heavy atom. The lowest BCUT2D eigenvalue weighted by atomic mass is 9.90. The summed E-state index contributed by atoms with van der Waals surface area (Å²) in [6.45, 7) is 3.62. The van der Waals surface area contributed by atoms with Crippen molar-refractivity contribution in [1.82, 2.24) is 0 Å². The highest BCUT2D eigenvalue weighted by Gasteiger charge is 2.21. The van der Waals surface area contributed by atoms with Crippen LogP contribution in [-0.4, -0.2) is 26.3 Å². The molecule has 0 aromatic rings. The fourth-order valence-electron chi connectivity index (χ4n) is 1.78. The van der Waals surface area contributed by atoms with Gasteiger partial charge >= 0.3 is 5.97 Å². The minimum Gasteiger partial charge on any atom is -0.469 e. The van der Waals surface area contributed by atoms with Crippen molar-refractivity contribution in [2.24, 2.45) is 11.8 Å². The van der Waals surface area contributed by atoms with Crippen molar-refractivity contribution in [2.75, 3.05) is 20.3 Å². The third kappa shape index (κ3) is 3.35. The molecule has 1 unspecified atom stereocenters. The summed E-state index contributed by atoms with van der Waals surface area (Å²) < 4.78 is 9.94. The van der Waals surface area contributed by atoms with E-state index in [2.05, 4.69) is 4.74 Å². The first-order chi connectivity index (χ1) is 6.24. The third-order valence-electron chi connectivity index (χ3n) is 2.63. The fraction of sp³-hybridized carbons (Fsp3) is 0.900. The molecule has 0 N–H and O–H groups in total. The highest BCUT2D eigenvalue weighted by Crippen LogP contribution is 2.23. The molecule has 1 heterocycles. The molecule has 0 bridgehead atoms. The Morgan fingerprint density at radius 3 is 2.69 bits per heavy atom. The van der Waals surface area contributed by atoms with Crippen LogP contribution in [0.3, 0.4) is 0 Å². The second-order valence-corrected chi connectivity index (χ2v) is 3.72. The number of hydrogen-bond acceptors (Lipinski definition) is 3. The van der Waals surface area contributed by atoms with Gasteiger partial charge in [-0.25, -0.2) is 0 Å². The molecule has 1 rings (SSSR count). The second kappa shape index (κ2) is 5.22. The molecule has 0 aromatic heterocycles. The number of rotatable bonds is 3. The lowest BCUT2D eigenvalue weighted by molar-refractivity contribution is -0.145. The van der Waals surface area contributed by atoms with Crippen LogP contribution in [0, 0.1) is 11.8 Å². The Morgan fingerprint density at radius 1 is 1.54 bits per heavy atom. The van der Waals surface area contributed by atoms with E-state index >= 15 is 0 Å². The van der Waals surface area contributed by atoms with Gasteiger partial charge in [-0.1, -0.05) is 6.92 Å². The van der Waals surface area contributed by atoms with Crippen LogP contribution in [0.25, 0.3) is 0 Å². The summed E-state index contributed by atoms with van der Waals surface area (Å²) in [6.07, 6.45) is 3.11. The average Bonchev–Trinajstić information content (AvgIpc) is 2.18. The van der Waals surface area contributed by atoms with E-state index in [0.717, 1.165) is 32.5 Å². The van der Waals surface area contributed by atoms with Gasteiger partial charge in [0.25, 0.3) is 0 Å². The molecular formula is C10H18O3. The largest absolute Gasteiger partial charge is 0.469 e. The van der Waals surface area contributed by atoms with Crippen LogP contribution in [0.4, 0.5) is 0 Å². The topological polar surface area (TPSA) is 35.5 Å². The molecule has 1 saturated heterocycles. The van der Waals surface area contributed by atoms with Gasteiger partial charge in [0, 0.05) is 13.2 Å². The summed E-state index contributed by atoms with van der Waals surface area (Å²) in [6, 6.07) is 0. The van der Waals surface area contributed by atoms with Crippen LogP contribution in [-0.2, 0) is 14.3 Å². The number of carbonyl (C=O) groups excluding carboxylic acids is 1. The number of esters is 1. The van der Waals surface area contributed by atoms with Crippen molar-refractivity contribution in [1.29, 1.82) is 0 Å². The first-order valence-electron chi connectivity index (χ1n) is 4.89. The minimum atomic E-state index is -0.0912. The summed E-state index contributed by atoms with van der Waals surface area (Å²) in [5, 5.41) is 0. The number of carbonyl (C=O) groups is 1. The molecule has 1 aliphatic rings. The summed E-state index contributed by atoms with van der Waals surface area (Å²) in [4.78, 5) is 11.1. The lowest BCUT2D eigenvalue weighted by Gasteiger charge is -2.23. The zero-order valence-electron chi connectivity index (χ0n) is 8.41. The second-order valence-electron chi connectivity index (χ2n) is 3.72. The third-order valence-corrected chi connectivity index (χ3v) is 2.63.